The second kappa shape index (κ2) is 5.60. The highest BCUT2D eigenvalue weighted by atomic mass is 16.3. The first-order chi connectivity index (χ1) is 9.47. The first kappa shape index (κ1) is 13.9. The molecule has 2 aromatic rings. The van der Waals surface area contributed by atoms with Crippen LogP contribution in [0.3, 0.4) is 0 Å². The lowest BCUT2D eigenvalue weighted by molar-refractivity contribution is 0.247. The van der Waals surface area contributed by atoms with Crippen molar-refractivity contribution in [2.45, 2.75) is 19.9 Å². The number of nitrogens with one attached hydrogen (secondary N) is 2. The maximum atomic E-state index is 11.8. The first-order valence-corrected chi connectivity index (χ1v) is 6.13. The fourth-order valence-electron chi connectivity index (χ4n) is 1.68. The highest BCUT2D eigenvalue weighted by Crippen LogP contribution is 2.15. The third-order valence-electron chi connectivity index (χ3n) is 2.78. The van der Waals surface area contributed by atoms with Gasteiger partial charge in [-0.3, -0.25) is 10.1 Å². The van der Waals surface area contributed by atoms with E-state index in [-0.39, 0.29) is 17.4 Å². The molecule has 2 amide bonds. The lowest BCUT2D eigenvalue weighted by atomic mass is 10.2. The number of nitrogens with zero attached hydrogens (tertiary/aromatic N) is 2. The summed E-state index contributed by atoms with van der Waals surface area (Å²) in [6.07, 6.45) is 2.95. The Bertz CT molecular complexity index is 674. The predicted molar refractivity (Wildman–Crippen MR) is 73.5 cm³/mol. The highest BCUT2D eigenvalue weighted by Gasteiger charge is 2.14. The average Bonchev–Trinajstić information content (AvgIpc) is 2.82. The normalized spacial score (nSPS) is 11.9. The van der Waals surface area contributed by atoms with Crippen LogP contribution in [0.4, 0.5) is 10.6 Å². The molecule has 2 aromatic heterocycles. The summed E-state index contributed by atoms with van der Waals surface area (Å²) in [6, 6.07) is 2.79. The monoisotopic (exact) mass is 276 g/mol. The van der Waals surface area contributed by atoms with Crippen molar-refractivity contribution < 1.29 is 9.21 Å². The Morgan fingerprint density at radius 1 is 1.45 bits per heavy atom. The van der Waals surface area contributed by atoms with Crippen molar-refractivity contribution in [1.29, 1.82) is 0 Å². The fraction of sp³-hybridized carbons (Fsp3) is 0.308. The average molecular weight is 276 g/mol. The number of carbonyl (C=O) groups is 1. The lowest BCUT2D eigenvalue weighted by Gasteiger charge is -2.12. The zero-order valence-corrected chi connectivity index (χ0v) is 11.5. The summed E-state index contributed by atoms with van der Waals surface area (Å²) in [6.45, 7) is 3.61. The number of hydrogen-bond acceptors (Lipinski definition) is 4. The number of furan rings is 1. The molecular formula is C13H16N4O3. The molecule has 2 rings (SSSR count). The molecule has 7 nitrogen and oxygen atoms in total. The minimum absolute atomic E-state index is 0.0182. The van der Waals surface area contributed by atoms with Crippen molar-refractivity contribution in [1.82, 2.24) is 14.9 Å². The summed E-state index contributed by atoms with van der Waals surface area (Å²) >= 11 is 0. The van der Waals surface area contributed by atoms with Gasteiger partial charge in [-0.25, -0.2) is 9.78 Å². The highest BCUT2D eigenvalue weighted by molar-refractivity contribution is 5.88. The summed E-state index contributed by atoms with van der Waals surface area (Å²) in [5, 5.41) is 5.10. The number of urea groups is 1. The molecule has 0 saturated heterocycles. The number of anilines is 1. The van der Waals surface area contributed by atoms with E-state index in [2.05, 4.69) is 15.6 Å². The molecule has 0 spiro atoms. The Hall–Kier alpha value is -2.57. The molecule has 0 bridgehead atoms. The van der Waals surface area contributed by atoms with Crippen molar-refractivity contribution in [2.75, 3.05) is 5.32 Å². The minimum atomic E-state index is -0.512. The molecule has 0 radical (unpaired) electrons. The zero-order chi connectivity index (χ0) is 14.7. The first-order valence-electron chi connectivity index (χ1n) is 6.13. The Balaban J connectivity index is 2.02. The van der Waals surface area contributed by atoms with Gasteiger partial charge in [-0.2, -0.15) is 0 Å². The summed E-state index contributed by atoms with van der Waals surface area (Å²) in [4.78, 5) is 27.4. The third kappa shape index (κ3) is 3.05. The Kier molecular flexibility index (Phi) is 3.88. The van der Waals surface area contributed by atoms with Gasteiger partial charge in [-0.1, -0.05) is 0 Å². The molecule has 7 heteroatoms. The van der Waals surface area contributed by atoms with Crippen LogP contribution in [0.1, 0.15) is 24.5 Å². The van der Waals surface area contributed by atoms with Gasteiger partial charge in [0.1, 0.15) is 11.5 Å². The van der Waals surface area contributed by atoms with Crippen molar-refractivity contribution in [3.05, 3.63) is 46.4 Å². The van der Waals surface area contributed by atoms with Crippen LogP contribution < -0.4 is 16.2 Å². The molecule has 0 saturated carbocycles. The third-order valence-corrected chi connectivity index (χ3v) is 2.78. The summed E-state index contributed by atoms with van der Waals surface area (Å²) in [5.74, 6) is 1.40. The largest absolute Gasteiger partial charge is 0.464 e. The van der Waals surface area contributed by atoms with Gasteiger partial charge >= 0.3 is 6.03 Å². The lowest BCUT2D eigenvalue weighted by Crippen LogP contribution is -2.34. The maximum absolute atomic E-state index is 11.8. The van der Waals surface area contributed by atoms with Gasteiger partial charge in [0, 0.05) is 19.4 Å². The number of aryl methyl sites for hydroxylation is 2. The number of carbonyl (C=O) groups excluding carboxylic acids is 1. The fourth-order valence-corrected chi connectivity index (χ4v) is 1.68. The van der Waals surface area contributed by atoms with Gasteiger partial charge in [0.25, 0.3) is 5.56 Å². The van der Waals surface area contributed by atoms with E-state index in [1.54, 1.807) is 20.0 Å². The number of rotatable bonds is 3. The second-order valence-corrected chi connectivity index (χ2v) is 4.46. The Morgan fingerprint density at radius 3 is 2.85 bits per heavy atom. The molecule has 0 aliphatic carbocycles. The SMILES string of the molecule is Cc1ccc([C@@H](C)NC(=O)Nc2nccn(C)c2=O)o1. The Morgan fingerprint density at radius 2 is 2.20 bits per heavy atom. The summed E-state index contributed by atoms with van der Waals surface area (Å²) in [5.41, 5.74) is -0.371. The van der Waals surface area contributed by atoms with E-state index in [1.165, 1.54) is 17.0 Å². The van der Waals surface area contributed by atoms with Crippen molar-refractivity contribution in [3.8, 4) is 0 Å². The molecule has 1 atom stereocenters. The van der Waals surface area contributed by atoms with Crippen molar-refractivity contribution in [3.63, 3.8) is 0 Å². The molecule has 2 N–H and O–H groups in total. The summed E-state index contributed by atoms with van der Waals surface area (Å²) < 4.78 is 6.75. The van der Waals surface area contributed by atoms with Gasteiger partial charge in [-0.05, 0) is 26.0 Å². The van der Waals surface area contributed by atoms with Crippen molar-refractivity contribution >= 4 is 11.8 Å². The van der Waals surface area contributed by atoms with Crippen LogP contribution in [-0.2, 0) is 7.05 Å². The van der Waals surface area contributed by atoms with E-state index in [9.17, 15) is 9.59 Å². The van der Waals surface area contributed by atoms with Gasteiger partial charge in [-0.15, -0.1) is 0 Å². The van der Waals surface area contributed by atoms with Crippen molar-refractivity contribution in [2.24, 2.45) is 7.05 Å². The molecule has 0 fully saturated rings. The van der Waals surface area contributed by atoms with Crippen LogP contribution in [0.25, 0.3) is 0 Å². The van der Waals surface area contributed by atoms with Crippen LogP contribution in [0.2, 0.25) is 0 Å². The van der Waals surface area contributed by atoms with Gasteiger partial charge in [0.05, 0.1) is 6.04 Å². The van der Waals surface area contributed by atoms with Gasteiger partial charge in [0.2, 0.25) is 5.82 Å². The topological polar surface area (TPSA) is 89.2 Å². The molecule has 0 aromatic carbocycles. The minimum Gasteiger partial charge on any atom is -0.464 e. The van der Waals surface area contributed by atoms with E-state index in [4.69, 9.17) is 4.42 Å². The van der Waals surface area contributed by atoms with Crippen LogP contribution in [-0.4, -0.2) is 15.6 Å². The van der Waals surface area contributed by atoms with E-state index >= 15 is 0 Å². The number of hydrogen-bond donors (Lipinski definition) is 2. The zero-order valence-electron chi connectivity index (χ0n) is 11.5. The quantitative estimate of drug-likeness (QED) is 0.890. The molecule has 0 unspecified atom stereocenters. The van der Waals surface area contributed by atoms with Crippen LogP contribution in [0, 0.1) is 6.92 Å². The van der Waals surface area contributed by atoms with Gasteiger partial charge < -0.3 is 14.3 Å². The second-order valence-electron chi connectivity index (χ2n) is 4.46. The molecule has 0 aliphatic rings. The number of amides is 2. The number of aromatic nitrogens is 2. The standard InChI is InChI=1S/C13H16N4O3/c1-8-4-5-10(20-8)9(2)15-13(19)16-11-12(18)17(3)7-6-14-11/h4-7,9H,1-3H3,(H2,14,15,16,19)/t9-/m1/s1. The summed E-state index contributed by atoms with van der Waals surface area (Å²) in [7, 11) is 1.58. The van der Waals surface area contributed by atoms with E-state index < -0.39 is 6.03 Å². The van der Waals surface area contributed by atoms with Crippen LogP contribution >= 0.6 is 0 Å². The van der Waals surface area contributed by atoms with E-state index in [0.717, 1.165) is 5.76 Å². The maximum Gasteiger partial charge on any atom is 0.321 e. The Labute approximate surface area is 115 Å². The smallest absolute Gasteiger partial charge is 0.321 e. The predicted octanol–water partition coefficient (Wildman–Crippen LogP) is 1.56. The molecular weight excluding hydrogens is 260 g/mol. The van der Waals surface area contributed by atoms with E-state index in [0.29, 0.717) is 5.76 Å². The molecule has 106 valence electrons. The van der Waals surface area contributed by atoms with Gasteiger partial charge in [0.15, 0.2) is 0 Å². The van der Waals surface area contributed by atoms with Crippen LogP contribution in [0.5, 0.6) is 0 Å². The molecule has 0 aliphatic heterocycles. The van der Waals surface area contributed by atoms with E-state index in [1.807, 2.05) is 13.0 Å². The molecule has 20 heavy (non-hydrogen) atoms. The van der Waals surface area contributed by atoms with Crippen LogP contribution in [0.15, 0.2) is 33.7 Å². The molecule has 2 heterocycles.